The van der Waals surface area contributed by atoms with Crippen LogP contribution >= 0.6 is 45.2 Å². The summed E-state index contributed by atoms with van der Waals surface area (Å²) in [4.78, 5) is 0. The molecule has 0 radical (unpaired) electrons. The highest BCUT2D eigenvalue weighted by Gasteiger charge is 2.16. The van der Waals surface area contributed by atoms with Gasteiger partial charge in [0.25, 0.3) is 0 Å². The molecule has 1 aromatic carbocycles. The van der Waals surface area contributed by atoms with Crippen LogP contribution in [0.25, 0.3) is 3.58 Å². The molecule has 94 valence electrons. The van der Waals surface area contributed by atoms with Crippen LogP contribution in [-0.4, -0.2) is 19.5 Å². The lowest BCUT2D eigenvalue weighted by molar-refractivity contribution is -0.104. The predicted molar refractivity (Wildman–Crippen MR) is 88.4 cm³/mol. The lowest BCUT2D eigenvalue weighted by Gasteiger charge is -2.18. The first-order valence-electron chi connectivity index (χ1n) is 5.54. The van der Waals surface area contributed by atoms with Crippen molar-refractivity contribution >= 4 is 48.8 Å². The zero-order valence-electron chi connectivity index (χ0n) is 9.95. The molecule has 0 saturated carbocycles. The van der Waals surface area contributed by atoms with Crippen LogP contribution in [-0.2, 0) is 9.47 Å². The molecule has 17 heavy (non-hydrogen) atoms. The largest absolute Gasteiger partial charge is 0.348 e. The molecule has 0 N–H and O–H groups in total. The first kappa shape index (κ1) is 15.4. The highest BCUT2D eigenvalue weighted by Crippen LogP contribution is 2.32. The van der Waals surface area contributed by atoms with Gasteiger partial charge in [0.15, 0.2) is 6.29 Å². The summed E-state index contributed by atoms with van der Waals surface area (Å²) in [6.45, 7) is 5.25. The van der Waals surface area contributed by atoms with E-state index in [1.807, 2.05) is 32.0 Å². The molecule has 0 aliphatic carbocycles. The van der Waals surface area contributed by atoms with Gasteiger partial charge in [-0.15, -0.1) is 0 Å². The van der Waals surface area contributed by atoms with E-state index >= 15 is 0 Å². The number of ether oxygens (including phenoxy) is 2. The Bertz CT molecular complexity index is 357. The van der Waals surface area contributed by atoms with Crippen molar-refractivity contribution in [3.05, 3.63) is 39.5 Å². The molecule has 0 fully saturated rings. The molecule has 1 rings (SSSR count). The Morgan fingerprint density at radius 1 is 1.06 bits per heavy atom. The van der Waals surface area contributed by atoms with E-state index in [0.717, 1.165) is 3.58 Å². The van der Waals surface area contributed by atoms with Crippen molar-refractivity contribution in [3.8, 4) is 0 Å². The Morgan fingerprint density at radius 2 is 1.59 bits per heavy atom. The fourth-order valence-corrected chi connectivity index (χ4v) is 2.61. The second kappa shape index (κ2) is 8.44. The van der Waals surface area contributed by atoms with Crippen molar-refractivity contribution in [2.24, 2.45) is 0 Å². The van der Waals surface area contributed by atoms with E-state index in [0.29, 0.717) is 13.2 Å². The first-order chi connectivity index (χ1) is 8.20. The van der Waals surface area contributed by atoms with E-state index in [1.54, 1.807) is 0 Å². The molecular formula is C13H16I2O2. The van der Waals surface area contributed by atoms with Gasteiger partial charge in [-0.2, -0.15) is 0 Å². The van der Waals surface area contributed by atoms with Gasteiger partial charge in [0.05, 0.1) is 3.58 Å². The third-order valence-corrected chi connectivity index (χ3v) is 5.36. The zero-order chi connectivity index (χ0) is 12.7. The number of hydrogen-bond donors (Lipinski definition) is 0. The lowest BCUT2D eigenvalue weighted by Crippen LogP contribution is -2.17. The van der Waals surface area contributed by atoms with Crippen molar-refractivity contribution < 1.29 is 9.47 Å². The van der Waals surface area contributed by atoms with Gasteiger partial charge in [0.1, 0.15) is 0 Å². The number of benzene rings is 1. The third-order valence-electron chi connectivity index (χ3n) is 2.08. The maximum absolute atomic E-state index is 5.59. The Balaban J connectivity index is 2.93. The molecule has 0 atom stereocenters. The lowest BCUT2D eigenvalue weighted by atomic mass is 10.2. The van der Waals surface area contributed by atoms with Gasteiger partial charge < -0.3 is 9.47 Å². The van der Waals surface area contributed by atoms with Crippen LogP contribution in [0.5, 0.6) is 0 Å². The Labute approximate surface area is 130 Å². The molecule has 0 bridgehead atoms. The number of halogens is 2. The first-order valence-corrected chi connectivity index (χ1v) is 7.70. The molecule has 2 nitrogen and oxygen atoms in total. The van der Waals surface area contributed by atoms with Gasteiger partial charge in [0, 0.05) is 16.8 Å². The molecule has 0 aliphatic heterocycles. The SMILES string of the molecule is CCOC(OCC)/C(I)=C(\I)c1ccccc1. The minimum absolute atomic E-state index is 0.252. The van der Waals surface area contributed by atoms with Crippen LogP contribution in [0, 0.1) is 0 Å². The normalized spacial score (nSPS) is 12.8. The third kappa shape index (κ3) is 4.84. The molecule has 1 aromatic rings. The average molecular weight is 458 g/mol. The summed E-state index contributed by atoms with van der Waals surface area (Å²) >= 11 is 4.64. The minimum Gasteiger partial charge on any atom is -0.348 e. The molecule has 0 spiro atoms. The van der Waals surface area contributed by atoms with E-state index in [-0.39, 0.29) is 6.29 Å². The molecule has 0 amide bonds. The van der Waals surface area contributed by atoms with Crippen molar-refractivity contribution in [1.82, 2.24) is 0 Å². The maximum Gasteiger partial charge on any atom is 0.190 e. The molecule has 4 heteroatoms. The van der Waals surface area contributed by atoms with Crippen molar-refractivity contribution in [1.29, 1.82) is 0 Å². The minimum atomic E-state index is -0.252. The zero-order valence-corrected chi connectivity index (χ0v) is 14.3. The molecular weight excluding hydrogens is 442 g/mol. The highest BCUT2D eigenvalue weighted by molar-refractivity contribution is 14.1. The number of rotatable bonds is 6. The van der Waals surface area contributed by atoms with Gasteiger partial charge in [-0.3, -0.25) is 0 Å². The van der Waals surface area contributed by atoms with Gasteiger partial charge in [-0.25, -0.2) is 0 Å². The van der Waals surface area contributed by atoms with Gasteiger partial charge in [0.2, 0.25) is 0 Å². The summed E-state index contributed by atoms with van der Waals surface area (Å²) in [6.07, 6.45) is -0.252. The van der Waals surface area contributed by atoms with Crippen molar-refractivity contribution in [2.45, 2.75) is 20.1 Å². The van der Waals surface area contributed by atoms with Crippen LogP contribution in [0.3, 0.4) is 0 Å². The van der Waals surface area contributed by atoms with E-state index in [4.69, 9.17) is 9.47 Å². The monoisotopic (exact) mass is 458 g/mol. The molecule has 0 saturated heterocycles. The van der Waals surface area contributed by atoms with E-state index in [1.165, 1.54) is 9.14 Å². The summed E-state index contributed by atoms with van der Waals surface area (Å²) in [6, 6.07) is 10.3. The number of hydrogen-bond acceptors (Lipinski definition) is 2. The molecule has 0 aromatic heterocycles. The van der Waals surface area contributed by atoms with Gasteiger partial charge in [-0.1, -0.05) is 30.3 Å². The van der Waals surface area contributed by atoms with E-state index < -0.39 is 0 Å². The second-order valence-corrected chi connectivity index (χ2v) is 5.51. The van der Waals surface area contributed by atoms with Crippen LogP contribution < -0.4 is 0 Å². The van der Waals surface area contributed by atoms with Gasteiger partial charge >= 0.3 is 0 Å². The Morgan fingerprint density at radius 3 is 2.06 bits per heavy atom. The van der Waals surface area contributed by atoms with Crippen LogP contribution in [0.2, 0.25) is 0 Å². The topological polar surface area (TPSA) is 18.5 Å². The van der Waals surface area contributed by atoms with Crippen molar-refractivity contribution in [3.63, 3.8) is 0 Å². The standard InChI is InChI=1S/C13H16I2O2/c1-3-16-13(17-4-2)12(15)11(14)10-8-6-5-7-9-10/h5-9,13H,3-4H2,1-2H3/b12-11+. The summed E-state index contributed by atoms with van der Waals surface area (Å²) in [7, 11) is 0. The molecule has 0 heterocycles. The fraction of sp³-hybridized carbons (Fsp3) is 0.385. The summed E-state index contributed by atoms with van der Waals surface area (Å²) in [5.74, 6) is 0. The van der Waals surface area contributed by atoms with Gasteiger partial charge in [-0.05, 0) is 64.6 Å². The Hall–Kier alpha value is 0.340. The van der Waals surface area contributed by atoms with E-state index in [2.05, 4.69) is 57.3 Å². The second-order valence-electron chi connectivity index (χ2n) is 3.27. The summed E-state index contributed by atoms with van der Waals surface area (Å²) in [5, 5.41) is 0. The average Bonchev–Trinajstić information content (AvgIpc) is 2.38. The van der Waals surface area contributed by atoms with Crippen LogP contribution in [0.4, 0.5) is 0 Å². The maximum atomic E-state index is 5.59. The fourth-order valence-electron chi connectivity index (χ4n) is 1.32. The Kier molecular flexibility index (Phi) is 7.65. The predicted octanol–water partition coefficient (Wildman–Crippen LogP) is 4.62. The van der Waals surface area contributed by atoms with Crippen LogP contribution in [0.1, 0.15) is 19.4 Å². The quantitative estimate of drug-likeness (QED) is 0.458. The van der Waals surface area contributed by atoms with Crippen molar-refractivity contribution in [2.75, 3.05) is 13.2 Å². The van der Waals surface area contributed by atoms with E-state index in [9.17, 15) is 0 Å². The van der Waals surface area contributed by atoms with Crippen LogP contribution in [0.15, 0.2) is 33.9 Å². The highest BCUT2D eigenvalue weighted by atomic mass is 127. The molecule has 0 aliphatic rings. The molecule has 0 unspecified atom stereocenters. The smallest absolute Gasteiger partial charge is 0.190 e. The summed E-state index contributed by atoms with van der Waals surface area (Å²) in [5.41, 5.74) is 1.20. The summed E-state index contributed by atoms with van der Waals surface area (Å²) < 4.78 is 13.5.